The van der Waals surface area contributed by atoms with Crippen molar-refractivity contribution in [2.75, 3.05) is 19.0 Å². The average Bonchev–Trinajstić information content (AvgIpc) is 2.93. The third-order valence-corrected chi connectivity index (χ3v) is 4.07. The molecule has 1 unspecified atom stereocenters. The van der Waals surface area contributed by atoms with Gasteiger partial charge in [-0.25, -0.2) is 0 Å². The van der Waals surface area contributed by atoms with Gasteiger partial charge in [0.15, 0.2) is 0 Å². The Labute approximate surface area is 126 Å². The predicted octanol–water partition coefficient (Wildman–Crippen LogP) is 1.77. The molecule has 0 aromatic carbocycles. The van der Waals surface area contributed by atoms with Crippen LogP contribution in [0.2, 0.25) is 0 Å². The zero-order chi connectivity index (χ0) is 15.1. The van der Waals surface area contributed by atoms with Crippen molar-refractivity contribution in [3.05, 3.63) is 12.4 Å². The summed E-state index contributed by atoms with van der Waals surface area (Å²) in [5.41, 5.74) is 6.71. The van der Waals surface area contributed by atoms with Gasteiger partial charge in [0.25, 0.3) is 0 Å². The molecule has 0 aliphatic heterocycles. The molecule has 0 saturated heterocycles. The summed E-state index contributed by atoms with van der Waals surface area (Å²) in [5, 5.41) is 7.00. The average molecular weight is 294 g/mol. The number of rotatable bonds is 7. The van der Waals surface area contributed by atoms with Crippen molar-refractivity contribution >= 4 is 11.6 Å². The number of carbonyl (C=O) groups excluding carboxylic acids is 1. The van der Waals surface area contributed by atoms with Gasteiger partial charge in [0.05, 0.1) is 31.1 Å². The quantitative estimate of drug-likeness (QED) is 0.803. The number of anilines is 1. The first kappa shape index (κ1) is 16.0. The van der Waals surface area contributed by atoms with E-state index in [2.05, 4.69) is 10.4 Å². The summed E-state index contributed by atoms with van der Waals surface area (Å²) < 4.78 is 6.73. The maximum absolute atomic E-state index is 12.1. The maximum Gasteiger partial charge on any atom is 0.241 e. The molecule has 118 valence electrons. The Bertz CT molecular complexity index is 441. The van der Waals surface area contributed by atoms with E-state index in [-0.39, 0.29) is 5.91 Å². The molecule has 1 fully saturated rings. The standard InChI is InChI=1S/C15H26N4O2/c1-21-8-7-19-11-13(10-17-19)18-15(20)14(16)9-12-5-3-2-4-6-12/h10-12,14H,2-9,16H2,1H3,(H,18,20). The molecule has 6 nitrogen and oxygen atoms in total. The van der Waals surface area contributed by atoms with Crippen LogP contribution in [0.25, 0.3) is 0 Å². The first-order valence-corrected chi connectivity index (χ1v) is 7.77. The zero-order valence-electron chi connectivity index (χ0n) is 12.8. The predicted molar refractivity (Wildman–Crippen MR) is 81.9 cm³/mol. The third-order valence-electron chi connectivity index (χ3n) is 4.07. The molecule has 1 aromatic rings. The van der Waals surface area contributed by atoms with Crippen LogP contribution in [-0.4, -0.2) is 35.4 Å². The van der Waals surface area contributed by atoms with Gasteiger partial charge in [0, 0.05) is 13.3 Å². The van der Waals surface area contributed by atoms with Crippen LogP contribution in [0.3, 0.4) is 0 Å². The summed E-state index contributed by atoms with van der Waals surface area (Å²) in [6, 6.07) is -0.435. The van der Waals surface area contributed by atoms with E-state index in [1.165, 1.54) is 32.1 Å². The largest absolute Gasteiger partial charge is 0.383 e. The molecule has 1 amide bonds. The Morgan fingerprint density at radius 2 is 2.29 bits per heavy atom. The summed E-state index contributed by atoms with van der Waals surface area (Å²) >= 11 is 0. The van der Waals surface area contributed by atoms with Crippen LogP contribution in [0.4, 0.5) is 5.69 Å². The summed E-state index contributed by atoms with van der Waals surface area (Å²) in [7, 11) is 1.65. The summed E-state index contributed by atoms with van der Waals surface area (Å²) in [6.45, 7) is 1.26. The Kier molecular flexibility index (Phi) is 6.20. The molecule has 6 heteroatoms. The summed E-state index contributed by atoms with van der Waals surface area (Å²) in [5.74, 6) is 0.482. The van der Waals surface area contributed by atoms with E-state index in [1.807, 2.05) is 0 Å². The molecule has 0 spiro atoms. The van der Waals surface area contributed by atoms with Crippen molar-refractivity contribution in [2.45, 2.75) is 51.1 Å². The highest BCUT2D eigenvalue weighted by Crippen LogP contribution is 2.27. The normalized spacial score (nSPS) is 17.6. The van der Waals surface area contributed by atoms with Crippen LogP contribution >= 0.6 is 0 Å². The number of nitrogens with zero attached hydrogens (tertiary/aromatic N) is 2. The van der Waals surface area contributed by atoms with Gasteiger partial charge in [-0.05, 0) is 12.3 Å². The van der Waals surface area contributed by atoms with Gasteiger partial charge >= 0.3 is 0 Å². The molecular weight excluding hydrogens is 268 g/mol. The molecule has 1 aliphatic carbocycles. The van der Waals surface area contributed by atoms with Crippen LogP contribution < -0.4 is 11.1 Å². The lowest BCUT2D eigenvalue weighted by atomic mass is 9.85. The van der Waals surface area contributed by atoms with Gasteiger partial charge in [-0.2, -0.15) is 5.10 Å². The molecule has 21 heavy (non-hydrogen) atoms. The molecule has 1 aromatic heterocycles. The number of hydrogen-bond acceptors (Lipinski definition) is 4. The highest BCUT2D eigenvalue weighted by Gasteiger charge is 2.21. The molecule has 3 N–H and O–H groups in total. The second-order valence-corrected chi connectivity index (χ2v) is 5.82. The van der Waals surface area contributed by atoms with Gasteiger partial charge < -0.3 is 15.8 Å². The van der Waals surface area contributed by atoms with Gasteiger partial charge in [-0.15, -0.1) is 0 Å². The van der Waals surface area contributed by atoms with Gasteiger partial charge in [-0.3, -0.25) is 9.48 Å². The SMILES string of the molecule is COCCn1cc(NC(=O)C(N)CC2CCCCC2)cn1. The molecule has 1 heterocycles. The highest BCUT2D eigenvalue weighted by molar-refractivity contribution is 5.94. The van der Waals surface area contributed by atoms with E-state index >= 15 is 0 Å². The van der Waals surface area contributed by atoms with E-state index in [0.29, 0.717) is 24.8 Å². The Morgan fingerprint density at radius 1 is 1.52 bits per heavy atom. The van der Waals surface area contributed by atoms with Crippen molar-refractivity contribution in [3.8, 4) is 0 Å². The Morgan fingerprint density at radius 3 is 3.00 bits per heavy atom. The fraction of sp³-hybridized carbons (Fsp3) is 0.733. The fourth-order valence-electron chi connectivity index (χ4n) is 2.86. The monoisotopic (exact) mass is 294 g/mol. The van der Waals surface area contributed by atoms with Crippen LogP contribution in [0.5, 0.6) is 0 Å². The summed E-state index contributed by atoms with van der Waals surface area (Å²) in [4.78, 5) is 12.1. The van der Waals surface area contributed by atoms with Crippen LogP contribution in [0.1, 0.15) is 38.5 Å². The second kappa shape index (κ2) is 8.14. The fourth-order valence-corrected chi connectivity index (χ4v) is 2.86. The number of nitrogens with two attached hydrogens (primary N) is 1. The van der Waals surface area contributed by atoms with Gasteiger partial charge in [0.2, 0.25) is 5.91 Å². The van der Waals surface area contributed by atoms with Crippen molar-refractivity contribution in [1.82, 2.24) is 9.78 Å². The number of hydrogen-bond donors (Lipinski definition) is 2. The van der Waals surface area contributed by atoms with Crippen LogP contribution in [0.15, 0.2) is 12.4 Å². The lowest BCUT2D eigenvalue weighted by molar-refractivity contribution is -0.117. The third kappa shape index (κ3) is 5.13. The number of ether oxygens (including phenoxy) is 1. The smallest absolute Gasteiger partial charge is 0.241 e. The number of methoxy groups -OCH3 is 1. The second-order valence-electron chi connectivity index (χ2n) is 5.82. The van der Waals surface area contributed by atoms with Crippen LogP contribution in [0, 0.1) is 5.92 Å². The number of aromatic nitrogens is 2. The number of nitrogens with one attached hydrogen (secondary N) is 1. The number of carbonyl (C=O) groups is 1. The Balaban J connectivity index is 1.78. The van der Waals surface area contributed by atoms with Crippen molar-refractivity contribution in [2.24, 2.45) is 11.7 Å². The first-order valence-electron chi connectivity index (χ1n) is 7.77. The number of amides is 1. The van der Waals surface area contributed by atoms with Gasteiger partial charge in [0.1, 0.15) is 0 Å². The van der Waals surface area contributed by atoms with E-state index in [9.17, 15) is 4.79 Å². The topological polar surface area (TPSA) is 82.2 Å². The lowest BCUT2D eigenvalue weighted by Gasteiger charge is -2.23. The minimum atomic E-state index is -0.435. The zero-order valence-corrected chi connectivity index (χ0v) is 12.8. The Hall–Kier alpha value is -1.40. The van der Waals surface area contributed by atoms with Gasteiger partial charge in [-0.1, -0.05) is 32.1 Å². The van der Waals surface area contributed by atoms with E-state index in [0.717, 1.165) is 6.42 Å². The molecule has 1 saturated carbocycles. The highest BCUT2D eigenvalue weighted by atomic mass is 16.5. The summed E-state index contributed by atoms with van der Waals surface area (Å²) in [6.07, 6.45) is 10.5. The van der Waals surface area contributed by atoms with Crippen molar-refractivity contribution in [1.29, 1.82) is 0 Å². The van der Waals surface area contributed by atoms with Crippen molar-refractivity contribution in [3.63, 3.8) is 0 Å². The molecular formula is C15H26N4O2. The van der Waals surface area contributed by atoms with E-state index in [4.69, 9.17) is 10.5 Å². The molecule has 1 atom stereocenters. The van der Waals surface area contributed by atoms with Crippen LogP contribution in [-0.2, 0) is 16.1 Å². The minimum Gasteiger partial charge on any atom is -0.383 e. The maximum atomic E-state index is 12.1. The lowest BCUT2D eigenvalue weighted by Crippen LogP contribution is -2.37. The van der Waals surface area contributed by atoms with E-state index < -0.39 is 6.04 Å². The minimum absolute atomic E-state index is 0.119. The van der Waals surface area contributed by atoms with E-state index in [1.54, 1.807) is 24.2 Å². The molecule has 2 rings (SSSR count). The molecule has 0 radical (unpaired) electrons. The molecule has 1 aliphatic rings. The molecule has 0 bridgehead atoms. The van der Waals surface area contributed by atoms with Crippen molar-refractivity contribution < 1.29 is 9.53 Å². The first-order chi connectivity index (χ1) is 10.2.